The standard InChI is InChI=1S/C13H14ClFN2O3S/c1-17(8-10-3-2-4-20-10)21(18,19)11-5-9(7-16)13(14)12(15)6-11/h2-6H,7-8,16H2,1H3. The highest BCUT2D eigenvalue weighted by Gasteiger charge is 2.24. The van der Waals surface area contributed by atoms with Crippen molar-refractivity contribution in [3.05, 3.63) is 52.7 Å². The molecule has 0 aliphatic heterocycles. The Morgan fingerprint density at radius 3 is 2.71 bits per heavy atom. The summed E-state index contributed by atoms with van der Waals surface area (Å²) in [6, 6.07) is 5.47. The van der Waals surface area contributed by atoms with Crippen LogP contribution in [0.3, 0.4) is 0 Å². The molecule has 0 saturated heterocycles. The summed E-state index contributed by atoms with van der Waals surface area (Å²) in [4.78, 5) is -0.195. The first-order chi connectivity index (χ1) is 9.86. The summed E-state index contributed by atoms with van der Waals surface area (Å²) in [6.45, 7) is -0.0153. The van der Waals surface area contributed by atoms with E-state index < -0.39 is 15.8 Å². The van der Waals surface area contributed by atoms with Crippen LogP contribution < -0.4 is 5.73 Å². The van der Waals surface area contributed by atoms with Gasteiger partial charge in [0.2, 0.25) is 10.0 Å². The molecule has 0 bridgehead atoms. The van der Waals surface area contributed by atoms with Crippen LogP contribution in [0.5, 0.6) is 0 Å². The Labute approximate surface area is 127 Å². The fraction of sp³-hybridized carbons (Fsp3) is 0.231. The van der Waals surface area contributed by atoms with Crippen molar-refractivity contribution in [1.29, 1.82) is 0 Å². The molecular weight excluding hydrogens is 319 g/mol. The van der Waals surface area contributed by atoms with Crippen LogP contribution in [0.25, 0.3) is 0 Å². The van der Waals surface area contributed by atoms with Crippen molar-refractivity contribution in [1.82, 2.24) is 4.31 Å². The topological polar surface area (TPSA) is 76.5 Å². The van der Waals surface area contributed by atoms with Crippen molar-refractivity contribution in [2.75, 3.05) is 7.05 Å². The molecule has 2 aromatic rings. The average Bonchev–Trinajstić information content (AvgIpc) is 2.94. The van der Waals surface area contributed by atoms with E-state index >= 15 is 0 Å². The highest BCUT2D eigenvalue weighted by Crippen LogP contribution is 2.26. The predicted molar refractivity (Wildman–Crippen MR) is 76.7 cm³/mol. The van der Waals surface area contributed by atoms with Crippen molar-refractivity contribution in [3.8, 4) is 0 Å². The summed E-state index contributed by atoms with van der Waals surface area (Å²) < 4.78 is 44.7. The second-order valence-electron chi connectivity index (χ2n) is 4.42. The van der Waals surface area contributed by atoms with Gasteiger partial charge in [-0.25, -0.2) is 12.8 Å². The van der Waals surface area contributed by atoms with Crippen LogP contribution in [0.2, 0.25) is 5.02 Å². The molecule has 1 heterocycles. The number of sulfonamides is 1. The Balaban J connectivity index is 2.37. The van der Waals surface area contributed by atoms with Gasteiger partial charge in [0.25, 0.3) is 0 Å². The van der Waals surface area contributed by atoms with E-state index in [-0.39, 0.29) is 28.6 Å². The number of rotatable bonds is 5. The van der Waals surface area contributed by atoms with Gasteiger partial charge in [-0.1, -0.05) is 11.6 Å². The fourth-order valence-electron chi connectivity index (χ4n) is 1.80. The van der Waals surface area contributed by atoms with Crippen LogP contribution >= 0.6 is 11.6 Å². The van der Waals surface area contributed by atoms with Crippen LogP contribution in [0.15, 0.2) is 39.8 Å². The molecule has 0 aliphatic rings. The number of benzene rings is 1. The first-order valence-corrected chi connectivity index (χ1v) is 7.84. The van der Waals surface area contributed by atoms with Crippen molar-refractivity contribution >= 4 is 21.6 Å². The van der Waals surface area contributed by atoms with Crippen molar-refractivity contribution in [2.45, 2.75) is 18.0 Å². The van der Waals surface area contributed by atoms with Gasteiger partial charge in [-0.2, -0.15) is 4.31 Å². The zero-order chi connectivity index (χ0) is 15.6. The second-order valence-corrected chi connectivity index (χ2v) is 6.85. The van der Waals surface area contributed by atoms with E-state index in [4.69, 9.17) is 21.8 Å². The molecule has 0 fully saturated rings. The fourth-order valence-corrected chi connectivity index (χ4v) is 3.19. The van der Waals surface area contributed by atoms with Crippen LogP contribution in [0.1, 0.15) is 11.3 Å². The number of nitrogens with zero attached hydrogens (tertiary/aromatic N) is 1. The number of halogens is 2. The molecule has 1 aromatic carbocycles. The Bertz CT molecular complexity index is 732. The lowest BCUT2D eigenvalue weighted by molar-refractivity contribution is 0.406. The molecule has 1 aromatic heterocycles. The molecule has 0 spiro atoms. The molecule has 8 heteroatoms. The quantitative estimate of drug-likeness (QED) is 0.911. The number of hydrogen-bond acceptors (Lipinski definition) is 4. The van der Waals surface area contributed by atoms with E-state index in [0.29, 0.717) is 5.76 Å². The maximum atomic E-state index is 13.7. The van der Waals surface area contributed by atoms with Crippen molar-refractivity contribution in [3.63, 3.8) is 0 Å². The van der Waals surface area contributed by atoms with Crippen molar-refractivity contribution in [2.24, 2.45) is 5.73 Å². The molecule has 0 atom stereocenters. The van der Waals surface area contributed by atoms with Crippen LogP contribution in [0, 0.1) is 5.82 Å². The first-order valence-electron chi connectivity index (χ1n) is 6.03. The summed E-state index contributed by atoms with van der Waals surface area (Å²) in [5, 5.41) is -0.162. The molecule has 114 valence electrons. The molecule has 2 rings (SSSR count). The summed E-state index contributed by atoms with van der Waals surface area (Å²) in [6.07, 6.45) is 1.45. The highest BCUT2D eigenvalue weighted by molar-refractivity contribution is 7.89. The highest BCUT2D eigenvalue weighted by atomic mass is 35.5. The molecule has 0 aliphatic carbocycles. The van der Waals surface area contributed by atoms with Crippen LogP contribution in [-0.2, 0) is 23.1 Å². The summed E-state index contributed by atoms with van der Waals surface area (Å²) in [5.74, 6) is -0.334. The SMILES string of the molecule is CN(Cc1ccco1)S(=O)(=O)c1cc(F)c(Cl)c(CN)c1. The van der Waals surface area contributed by atoms with Gasteiger partial charge >= 0.3 is 0 Å². The van der Waals surface area contributed by atoms with E-state index in [9.17, 15) is 12.8 Å². The number of hydrogen-bond donors (Lipinski definition) is 1. The molecule has 21 heavy (non-hydrogen) atoms. The van der Waals surface area contributed by atoms with Gasteiger partial charge in [-0.15, -0.1) is 0 Å². The molecular formula is C13H14ClFN2O3S. The maximum Gasteiger partial charge on any atom is 0.243 e. The molecule has 0 amide bonds. The van der Waals surface area contributed by atoms with Crippen LogP contribution in [0.4, 0.5) is 4.39 Å². The Hall–Kier alpha value is -1.41. The van der Waals surface area contributed by atoms with Gasteiger partial charge in [0.1, 0.15) is 11.6 Å². The molecule has 0 radical (unpaired) electrons. The smallest absolute Gasteiger partial charge is 0.243 e. The van der Waals surface area contributed by atoms with E-state index in [1.807, 2.05) is 0 Å². The van der Waals surface area contributed by atoms with E-state index in [1.165, 1.54) is 19.4 Å². The molecule has 0 saturated carbocycles. The Morgan fingerprint density at radius 2 is 2.14 bits per heavy atom. The largest absolute Gasteiger partial charge is 0.468 e. The molecule has 2 N–H and O–H groups in total. The van der Waals surface area contributed by atoms with Gasteiger partial charge in [0.05, 0.1) is 22.7 Å². The second kappa shape index (κ2) is 6.15. The predicted octanol–water partition coefficient (Wildman–Crippen LogP) is 2.35. The first kappa shape index (κ1) is 16.0. The molecule has 0 unspecified atom stereocenters. The lowest BCUT2D eigenvalue weighted by Gasteiger charge is -2.17. The van der Waals surface area contributed by atoms with E-state index in [0.717, 1.165) is 10.4 Å². The molecule has 5 nitrogen and oxygen atoms in total. The third-order valence-electron chi connectivity index (χ3n) is 2.96. The van der Waals surface area contributed by atoms with Gasteiger partial charge in [0, 0.05) is 13.6 Å². The zero-order valence-corrected chi connectivity index (χ0v) is 12.8. The minimum Gasteiger partial charge on any atom is -0.468 e. The Morgan fingerprint density at radius 1 is 1.43 bits per heavy atom. The van der Waals surface area contributed by atoms with E-state index in [2.05, 4.69) is 0 Å². The lowest BCUT2D eigenvalue weighted by Crippen LogP contribution is -2.26. The van der Waals surface area contributed by atoms with Gasteiger partial charge in [-0.05, 0) is 29.8 Å². The van der Waals surface area contributed by atoms with Crippen LogP contribution in [-0.4, -0.2) is 19.8 Å². The summed E-state index contributed by atoms with van der Waals surface area (Å²) in [5.41, 5.74) is 5.68. The lowest BCUT2D eigenvalue weighted by atomic mass is 10.2. The zero-order valence-electron chi connectivity index (χ0n) is 11.2. The number of furan rings is 1. The maximum absolute atomic E-state index is 13.7. The third-order valence-corrected chi connectivity index (χ3v) is 5.17. The third kappa shape index (κ3) is 3.26. The summed E-state index contributed by atoms with van der Waals surface area (Å²) >= 11 is 5.73. The average molecular weight is 333 g/mol. The Kier molecular flexibility index (Phi) is 4.67. The van der Waals surface area contributed by atoms with E-state index in [1.54, 1.807) is 12.1 Å². The normalized spacial score (nSPS) is 12.0. The summed E-state index contributed by atoms with van der Waals surface area (Å²) in [7, 11) is -2.49. The van der Waals surface area contributed by atoms with Crippen molar-refractivity contribution < 1.29 is 17.2 Å². The monoisotopic (exact) mass is 332 g/mol. The van der Waals surface area contributed by atoms with Gasteiger partial charge < -0.3 is 10.2 Å². The van der Waals surface area contributed by atoms with Gasteiger partial charge in [-0.3, -0.25) is 0 Å². The minimum absolute atomic E-state index is 0.0392. The number of nitrogens with two attached hydrogens (primary N) is 1. The minimum atomic E-state index is -3.87. The van der Waals surface area contributed by atoms with Gasteiger partial charge in [0.15, 0.2) is 0 Å².